The maximum Gasteiger partial charge on any atom is 0.261 e. The molecule has 0 saturated carbocycles. The van der Waals surface area contributed by atoms with Crippen LogP contribution in [-0.2, 0) is 10.0 Å². The first-order chi connectivity index (χ1) is 16.2. The van der Waals surface area contributed by atoms with Crippen molar-refractivity contribution in [3.8, 4) is 11.6 Å². The highest BCUT2D eigenvalue weighted by molar-refractivity contribution is 7.92. The van der Waals surface area contributed by atoms with Crippen LogP contribution in [0.25, 0.3) is 5.82 Å². The normalized spacial score (nSPS) is 11.3. The molecule has 0 atom stereocenters. The predicted molar refractivity (Wildman–Crippen MR) is 132 cm³/mol. The van der Waals surface area contributed by atoms with Crippen molar-refractivity contribution in [1.29, 1.82) is 0 Å². The van der Waals surface area contributed by atoms with Gasteiger partial charge in [-0.15, -0.1) is 10.2 Å². The number of nitrogens with zero attached hydrogens (tertiary/aromatic N) is 4. The molecular weight excluding hydrogens is 452 g/mol. The molecule has 2 heterocycles. The summed E-state index contributed by atoms with van der Waals surface area (Å²) >= 11 is 0. The lowest BCUT2D eigenvalue weighted by Crippen LogP contribution is -2.13. The van der Waals surface area contributed by atoms with E-state index in [1.165, 1.54) is 6.07 Å². The number of hydrogen-bond acceptors (Lipinski definition) is 7. The molecule has 2 aromatic heterocycles. The van der Waals surface area contributed by atoms with Crippen LogP contribution in [0.15, 0.2) is 65.6 Å². The molecule has 0 saturated heterocycles. The number of aromatic nitrogens is 4. The number of rotatable bonds is 8. The summed E-state index contributed by atoms with van der Waals surface area (Å²) in [5.74, 6) is 1.86. The zero-order valence-corrected chi connectivity index (χ0v) is 20.2. The lowest BCUT2D eigenvalue weighted by Gasteiger charge is -2.12. The van der Waals surface area contributed by atoms with E-state index in [4.69, 9.17) is 4.74 Å². The zero-order chi connectivity index (χ0) is 24.3. The van der Waals surface area contributed by atoms with Crippen molar-refractivity contribution in [2.75, 3.05) is 16.6 Å². The Bertz CT molecular complexity index is 1400. The Morgan fingerprint density at radius 2 is 1.65 bits per heavy atom. The van der Waals surface area contributed by atoms with E-state index >= 15 is 0 Å². The average Bonchev–Trinajstić information content (AvgIpc) is 3.14. The lowest BCUT2D eigenvalue weighted by atomic mass is 10.2. The maximum absolute atomic E-state index is 12.8. The molecule has 176 valence electrons. The third-order valence-corrected chi connectivity index (χ3v) is 6.42. The van der Waals surface area contributed by atoms with Crippen LogP contribution in [0.1, 0.15) is 23.9 Å². The van der Waals surface area contributed by atoms with E-state index in [2.05, 4.69) is 25.3 Å². The maximum atomic E-state index is 12.8. The van der Waals surface area contributed by atoms with E-state index in [9.17, 15) is 8.42 Å². The number of hydrogen-bond donors (Lipinski definition) is 2. The third kappa shape index (κ3) is 5.18. The van der Waals surface area contributed by atoms with Gasteiger partial charge in [0, 0.05) is 17.1 Å². The smallest absolute Gasteiger partial charge is 0.261 e. The number of nitrogens with one attached hydrogen (secondary N) is 2. The second-order valence-electron chi connectivity index (χ2n) is 7.78. The molecule has 0 bridgehead atoms. The van der Waals surface area contributed by atoms with E-state index < -0.39 is 10.0 Å². The van der Waals surface area contributed by atoms with Crippen molar-refractivity contribution in [3.63, 3.8) is 0 Å². The van der Waals surface area contributed by atoms with Crippen molar-refractivity contribution < 1.29 is 13.2 Å². The van der Waals surface area contributed by atoms with Gasteiger partial charge in [0.1, 0.15) is 5.75 Å². The van der Waals surface area contributed by atoms with Crippen LogP contribution in [0.3, 0.4) is 0 Å². The standard InChI is InChI=1S/C24H26N6O3S/c1-5-33-22-11-10-21(14-16(22)2)34(31,32)29-20-8-6-19(7-9-20)25-23-12-13-24(27-26-23)30-18(4)15-17(3)28-30/h6-15,29H,5H2,1-4H3,(H,25,26). The largest absolute Gasteiger partial charge is 0.494 e. The van der Waals surface area contributed by atoms with Crippen molar-refractivity contribution in [3.05, 3.63) is 77.6 Å². The topological polar surface area (TPSA) is 111 Å². The molecule has 0 unspecified atom stereocenters. The molecule has 2 N–H and O–H groups in total. The first kappa shape index (κ1) is 23.2. The van der Waals surface area contributed by atoms with Crippen LogP contribution in [0.5, 0.6) is 5.75 Å². The van der Waals surface area contributed by atoms with Crippen LogP contribution in [0.2, 0.25) is 0 Å². The molecule has 0 amide bonds. The monoisotopic (exact) mass is 478 g/mol. The molecule has 0 aliphatic heterocycles. The highest BCUT2D eigenvalue weighted by Crippen LogP contribution is 2.24. The molecule has 0 fully saturated rings. The molecule has 0 spiro atoms. The number of anilines is 3. The molecule has 9 nitrogen and oxygen atoms in total. The van der Waals surface area contributed by atoms with Gasteiger partial charge >= 0.3 is 0 Å². The number of aryl methyl sites for hydroxylation is 3. The molecule has 0 radical (unpaired) electrons. The molecule has 0 aliphatic rings. The van der Waals surface area contributed by atoms with Crippen LogP contribution < -0.4 is 14.8 Å². The summed E-state index contributed by atoms with van der Waals surface area (Å²) in [6.07, 6.45) is 0. The molecule has 4 aromatic rings. The first-order valence-electron chi connectivity index (χ1n) is 10.8. The van der Waals surface area contributed by atoms with E-state index in [0.29, 0.717) is 29.7 Å². The summed E-state index contributed by atoms with van der Waals surface area (Å²) in [6.45, 7) is 8.10. The van der Waals surface area contributed by atoms with Crippen molar-refractivity contribution in [1.82, 2.24) is 20.0 Å². The van der Waals surface area contributed by atoms with Gasteiger partial charge in [0.25, 0.3) is 10.0 Å². The summed E-state index contributed by atoms with van der Waals surface area (Å²) in [5.41, 5.74) is 3.84. The Hall–Kier alpha value is -3.92. The Balaban J connectivity index is 1.43. The summed E-state index contributed by atoms with van der Waals surface area (Å²) < 4.78 is 35.4. The fourth-order valence-electron chi connectivity index (χ4n) is 3.46. The summed E-state index contributed by atoms with van der Waals surface area (Å²) in [4.78, 5) is 0.175. The SMILES string of the molecule is CCOc1ccc(S(=O)(=O)Nc2ccc(Nc3ccc(-n4nc(C)cc4C)nn3)cc2)cc1C. The fourth-order valence-corrected chi connectivity index (χ4v) is 4.60. The quantitative estimate of drug-likeness (QED) is 0.383. The van der Waals surface area contributed by atoms with E-state index in [1.807, 2.05) is 45.9 Å². The van der Waals surface area contributed by atoms with E-state index in [1.54, 1.807) is 41.1 Å². The van der Waals surface area contributed by atoms with Gasteiger partial charge in [0.05, 0.1) is 17.2 Å². The number of benzene rings is 2. The minimum absolute atomic E-state index is 0.175. The Morgan fingerprint density at radius 3 is 2.24 bits per heavy atom. The Labute approximate surface area is 198 Å². The summed E-state index contributed by atoms with van der Waals surface area (Å²) in [7, 11) is -3.73. The van der Waals surface area contributed by atoms with Crippen LogP contribution in [0, 0.1) is 20.8 Å². The number of ether oxygens (including phenoxy) is 1. The Morgan fingerprint density at radius 1 is 0.912 bits per heavy atom. The highest BCUT2D eigenvalue weighted by atomic mass is 32.2. The predicted octanol–water partition coefficient (Wildman–Crippen LogP) is 4.53. The molecule has 2 aromatic carbocycles. The average molecular weight is 479 g/mol. The molecular formula is C24H26N6O3S. The van der Waals surface area contributed by atoms with Gasteiger partial charge in [0.2, 0.25) is 0 Å². The van der Waals surface area contributed by atoms with Crippen LogP contribution in [-0.4, -0.2) is 35.0 Å². The highest BCUT2D eigenvalue weighted by Gasteiger charge is 2.16. The third-order valence-electron chi connectivity index (χ3n) is 5.04. The molecule has 0 aliphatic carbocycles. The summed E-state index contributed by atoms with van der Waals surface area (Å²) in [6, 6.07) is 17.3. The van der Waals surface area contributed by atoms with Gasteiger partial charge < -0.3 is 10.1 Å². The molecule has 34 heavy (non-hydrogen) atoms. The van der Waals surface area contributed by atoms with Gasteiger partial charge in [-0.2, -0.15) is 5.10 Å². The second-order valence-corrected chi connectivity index (χ2v) is 9.47. The van der Waals surface area contributed by atoms with Crippen molar-refractivity contribution in [2.24, 2.45) is 0 Å². The van der Waals surface area contributed by atoms with Gasteiger partial charge in [-0.3, -0.25) is 4.72 Å². The lowest BCUT2D eigenvalue weighted by molar-refractivity contribution is 0.337. The van der Waals surface area contributed by atoms with Crippen molar-refractivity contribution in [2.45, 2.75) is 32.6 Å². The van der Waals surface area contributed by atoms with Gasteiger partial charge in [0.15, 0.2) is 11.6 Å². The molecule has 10 heteroatoms. The first-order valence-corrected chi connectivity index (χ1v) is 12.2. The van der Waals surface area contributed by atoms with E-state index in [-0.39, 0.29) is 4.90 Å². The molecule has 4 rings (SSSR count). The van der Waals surface area contributed by atoms with Gasteiger partial charge in [-0.1, -0.05) is 0 Å². The fraction of sp³-hybridized carbons (Fsp3) is 0.208. The van der Waals surface area contributed by atoms with E-state index in [0.717, 1.165) is 22.6 Å². The minimum atomic E-state index is -3.73. The minimum Gasteiger partial charge on any atom is -0.494 e. The number of sulfonamides is 1. The summed E-state index contributed by atoms with van der Waals surface area (Å²) in [5, 5.41) is 16.0. The van der Waals surface area contributed by atoms with Crippen molar-refractivity contribution >= 4 is 27.2 Å². The van der Waals surface area contributed by atoms with Crippen LogP contribution >= 0.6 is 0 Å². The zero-order valence-electron chi connectivity index (χ0n) is 19.4. The van der Waals surface area contributed by atoms with Gasteiger partial charge in [-0.05, 0) is 93.9 Å². The van der Waals surface area contributed by atoms with Gasteiger partial charge in [-0.25, -0.2) is 13.1 Å². The van der Waals surface area contributed by atoms with Crippen LogP contribution in [0.4, 0.5) is 17.2 Å². The Kier molecular flexibility index (Phi) is 6.51. The second kappa shape index (κ2) is 9.52.